The summed E-state index contributed by atoms with van der Waals surface area (Å²) in [5.74, 6) is 0.801. The van der Waals surface area contributed by atoms with Crippen LogP contribution < -0.4 is 15.2 Å². The number of nitrogens with one attached hydrogen (secondary N) is 1. The van der Waals surface area contributed by atoms with Crippen LogP contribution in [0.5, 0.6) is 5.88 Å². The van der Waals surface area contributed by atoms with Gasteiger partial charge in [0.2, 0.25) is 5.88 Å². The number of carbonyl (C=O) groups is 1. The van der Waals surface area contributed by atoms with Gasteiger partial charge in [0.05, 0.1) is 18.0 Å². The molecule has 0 aromatic carbocycles. The van der Waals surface area contributed by atoms with E-state index in [0.717, 1.165) is 66.7 Å². The summed E-state index contributed by atoms with van der Waals surface area (Å²) in [4.78, 5) is 17.8. The predicted octanol–water partition coefficient (Wildman–Crippen LogP) is 3.06. The zero-order valence-corrected chi connectivity index (χ0v) is 18.0. The van der Waals surface area contributed by atoms with Crippen molar-refractivity contribution in [1.29, 1.82) is 0 Å². The van der Waals surface area contributed by atoms with E-state index in [4.69, 9.17) is 14.9 Å². The molecule has 0 spiro atoms. The second-order valence-corrected chi connectivity index (χ2v) is 10.2. The predicted molar refractivity (Wildman–Crippen MR) is 112 cm³/mol. The van der Waals surface area contributed by atoms with Crippen molar-refractivity contribution in [3.63, 3.8) is 0 Å². The Morgan fingerprint density at radius 3 is 2.93 bits per heavy atom. The zero-order valence-electron chi connectivity index (χ0n) is 17.2. The number of rotatable bonds is 3. The average molecular weight is 431 g/mol. The molecule has 2 aromatic heterocycles. The van der Waals surface area contributed by atoms with Gasteiger partial charge in [-0.3, -0.25) is 4.98 Å². The summed E-state index contributed by atoms with van der Waals surface area (Å²) >= 11 is 0. The zero-order chi connectivity index (χ0) is 21.0. The Bertz CT molecular complexity index is 1160. The highest BCUT2D eigenvalue weighted by molar-refractivity contribution is 7.91. The monoisotopic (exact) mass is 430 g/mol. The first kappa shape index (κ1) is 19.5. The van der Waals surface area contributed by atoms with Crippen LogP contribution in [0.15, 0.2) is 15.5 Å². The van der Waals surface area contributed by atoms with Crippen LogP contribution in [0.25, 0.3) is 0 Å². The van der Waals surface area contributed by atoms with Gasteiger partial charge in [-0.15, -0.1) is 4.36 Å². The van der Waals surface area contributed by atoms with E-state index < -0.39 is 15.9 Å². The van der Waals surface area contributed by atoms with Crippen molar-refractivity contribution in [2.75, 3.05) is 5.32 Å². The Hall–Kier alpha value is -2.46. The number of nitrogens with two attached hydrogens (primary N) is 1. The number of pyridine rings is 1. The third-order valence-electron chi connectivity index (χ3n) is 6.05. The molecule has 1 aliphatic heterocycles. The fourth-order valence-corrected chi connectivity index (χ4v) is 5.31. The summed E-state index contributed by atoms with van der Waals surface area (Å²) in [6, 6.07) is -0.726. The molecule has 10 heteroatoms. The van der Waals surface area contributed by atoms with Gasteiger partial charge in [0, 0.05) is 30.3 Å². The minimum absolute atomic E-state index is 0.0418. The van der Waals surface area contributed by atoms with Crippen molar-refractivity contribution in [3.8, 4) is 5.88 Å². The van der Waals surface area contributed by atoms with Crippen LogP contribution in [0.4, 0.5) is 10.5 Å². The number of fused-ring (bicyclic) bond motifs is 2. The molecule has 2 aromatic rings. The maximum atomic E-state index is 13.1. The number of ether oxygens (including phenoxy) is 1. The van der Waals surface area contributed by atoms with E-state index in [1.165, 1.54) is 6.20 Å². The standard InChI is InChI=1S/C20H26N6O3S/c1-11-8-9-26-19(29-11)16(10-22-26)30(21,28)25-20(27)24-18-12(2)17(13-6-7-13)23-15-5-3-4-14(15)18/h10-11,13H,3-9H2,1-2H3,(H3,21,23,24,25,27,28). The second kappa shape index (κ2) is 7.05. The van der Waals surface area contributed by atoms with Gasteiger partial charge in [-0.2, -0.15) is 5.10 Å². The first-order valence-corrected chi connectivity index (χ1v) is 12.0. The fraction of sp³-hybridized carbons (Fsp3) is 0.550. The van der Waals surface area contributed by atoms with Crippen LogP contribution in [-0.2, 0) is 29.3 Å². The maximum Gasteiger partial charge on any atom is 0.354 e. The molecule has 1 saturated carbocycles. The van der Waals surface area contributed by atoms with Gasteiger partial charge in [0.15, 0.2) is 9.92 Å². The van der Waals surface area contributed by atoms with E-state index in [2.05, 4.69) is 14.8 Å². The SMILES string of the molecule is Cc1c(C2CC2)nc2c(c1NC(=O)N=S(N)(=O)c1cnn3c1OC(C)CC3)CCC2. The van der Waals surface area contributed by atoms with Gasteiger partial charge in [-0.05, 0) is 57.1 Å². The molecule has 5 rings (SSSR count). The van der Waals surface area contributed by atoms with Crippen LogP contribution >= 0.6 is 0 Å². The van der Waals surface area contributed by atoms with E-state index >= 15 is 0 Å². The highest BCUT2D eigenvalue weighted by Gasteiger charge is 2.32. The molecular formula is C20H26N6O3S. The molecule has 3 aliphatic rings. The highest BCUT2D eigenvalue weighted by Crippen LogP contribution is 2.44. The molecule has 2 unspecified atom stereocenters. The van der Waals surface area contributed by atoms with Crippen LogP contribution in [0.1, 0.15) is 61.0 Å². The molecule has 3 heterocycles. The average Bonchev–Trinajstić information content (AvgIpc) is 3.26. The van der Waals surface area contributed by atoms with Crippen LogP contribution in [0, 0.1) is 6.92 Å². The van der Waals surface area contributed by atoms with E-state index in [1.807, 2.05) is 13.8 Å². The summed E-state index contributed by atoms with van der Waals surface area (Å²) in [6.07, 6.45) is 7.20. The molecule has 0 radical (unpaired) electrons. The summed E-state index contributed by atoms with van der Waals surface area (Å²) < 4.78 is 24.3. The number of anilines is 1. The molecule has 2 atom stereocenters. The van der Waals surface area contributed by atoms with Crippen molar-refractivity contribution in [2.24, 2.45) is 9.50 Å². The molecule has 2 aliphatic carbocycles. The largest absolute Gasteiger partial charge is 0.474 e. The van der Waals surface area contributed by atoms with Crippen LogP contribution in [-0.4, -0.2) is 31.1 Å². The van der Waals surface area contributed by atoms with E-state index in [1.54, 1.807) is 4.68 Å². The third kappa shape index (κ3) is 3.37. The minimum Gasteiger partial charge on any atom is -0.474 e. The van der Waals surface area contributed by atoms with Crippen molar-refractivity contribution in [2.45, 2.75) is 75.8 Å². The normalized spacial score (nSPS) is 21.9. The first-order valence-electron chi connectivity index (χ1n) is 10.4. The molecule has 0 bridgehead atoms. The summed E-state index contributed by atoms with van der Waals surface area (Å²) in [7, 11) is -3.50. The Balaban J connectivity index is 1.48. The van der Waals surface area contributed by atoms with Crippen molar-refractivity contribution in [1.82, 2.24) is 14.8 Å². The van der Waals surface area contributed by atoms with Gasteiger partial charge < -0.3 is 10.1 Å². The Morgan fingerprint density at radius 2 is 2.17 bits per heavy atom. The Labute approximate surface area is 175 Å². The maximum absolute atomic E-state index is 13.1. The van der Waals surface area contributed by atoms with Gasteiger partial charge in [0.1, 0.15) is 4.90 Å². The minimum atomic E-state index is -3.50. The van der Waals surface area contributed by atoms with Crippen molar-refractivity contribution >= 4 is 21.6 Å². The molecule has 3 N–H and O–H groups in total. The van der Waals surface area contributed by atoms with E-state index in [0.29, 0.717) is 18.3 Å². The second-order valence-electron chi connectivity index (χ2n) is 8.39. The van der Waals surface area contributed by atoms with Gasteiger partial charge >= 0.3 is 6.03 Å². The number of urea groups is 1. The Kier molecular flexibility index (Phi) is 4.59. The number of nitrogens with zero attached hydrogens (tertiary/aromatic N) is 4. The third-order valence-corrected chi connectivity index (χ3v) is 7.40. The van der Waals surface area contributed by atoms with E-state index in [-0.39, 0.29) is 11.0 Å². The van der Waals surface area contributed by atoms with Crippen LogP contribution in [0.2, 0.25) is 0 Å². The number of carbonyl (C=O) groups excluding carboxylic acids is 1. The fourth-order valence-electron chi connectivity index (χ4n) is 4.32. The quantitative estimate of drug-likeness (QED) is 0.774. The van der Waals surface area contributed by atoms with Gasteiger partial charge in [-0.25, -0.2) is 18.8 Å². The lowest BCUT2D eigenvalue weighted by atomic mass is 10.0. The number of amides is 2. The molecular weight excluding hydrogens is 404 g/mol. The number of hydrogen-bond donors (Lipinski definition) is 2. The van der Waals surface area contributed by atoms with Gasteiger partial charge in [0.25, 0.3) is 0 Å². The first-order chi connectivity index (χ1) is 14.3. The van der Waals surface area contributed by atoms with E-state index in [9.17, 15) is 9.00 Å². The molecule has 1 fully saturated rings. The van der Waals surface area contributed by atoms with Crippen molar-refractivity contribution < 1.29 is 13.7 Å². The molecule has 160 valence electrons. The Morgan fingerprint density at radius 1 is 1.37 bits per heavy atom. The lowest BCUT2D eigenvalue weighted by Crippen LogP contribution is -2.25. The topological polar surface area (TPSA) is 124 Å². The highest BCUT2D eigenvalue weighted by atomic mass is 32.2. The number of aryl methyl sites for hydroxylation is 2. The molecule has 2 amide bonds. The number of hydrogen-bond acceptors (Lipinski definition) is 5. The molecule has 9 nitrogen and oxygen atoms in total. The lowest BCUT2D eigenvalue weighted by Gasteiger charge is -2.22. The summed E-state index contributed by atoms with van der Waals surface area (Å²) in [5.41, 5.74) is 4.91. The molecule has 0 saturated heterocycles. The smallest absolute Gasteiger partial charge is 0.354 e. The summed E-state index contributed by atoms with van der Waals surface area (Å²) in [5, 5.41) is 13.0. The lowest BCUT2D eigenvalue weighted by molar-refractivity contribution is 0.144. The van der Waals surface area contributed by atoms with Gasteiger partial charge in [-0.1, -0.05) is 0 Å². The summed E-state index contributed by atoms with van der Waals surface area (Å²) in [6.45, 7) is 4.55. The number of aromatic nitrogens is 3. The molecule has 30 heavy (non-hydrogen) atoms. The van der Waals surface area contributed by atoms with Crippen LogP contribution in [0.3, 0.4) is 0 Å². The van der Waals surface area contributed by atoms with Crippen molar-refractivity contribution in [3.05, 3.63) is 28.7 Å².